The van der Waals surface area contributed by atoms with E-state index >= 15 is 0 Å². The Labute approximate surface area is 226 Å². The maximum atomic E-state index is 13.8. The molecule has 0 bridgehead atoms. The summed E-state index contributed by atoms with van der Waals surface area (Å²) in [7, 11) is -3.64. The number of fused-ring (bicyclic) bond motifs is 1. The molecule has 39 heavy (non-hydrogen) atoms. The number of anilines is 2. The normalized spacial score (nSPS) is 13.9. The third-order valence-electron chi connectivity index (χ3n) is 6.79. The summed E-state index contributed by atoms with van der Waals surface area (Å²) in [6.07, 6.45) is 4.43. The molecule has 0 spiro atoms. The van der Waals surface area contributed by atoms with Crippen LogP contribution < -0.4 is 9.80 Å². The smallest absolute Gasteiger partial charge is 0.258 e. The van der Waals surface area contributed by atoms with Gasteiger partial charge < -0.3 is 9.80 Å². The Hall–Kier alpha value is -4.31. The summed E-state index contributed by atoms with van der Waals surface area (Å²) in [4.78, 5) is 36.1. The molecule has 10 heteroatoms. The fraction of sp³-hybridized carbons (Fsp3) is 0.207. The summed E-state index contributed by atoms with van der Waals surface area (Å²) in [5.74, 6) is -1.15. The second-order valence-electron chi connectivity index (χ2n) is 9.42. The number of hydrogen-bond donors (Lipinski definition) is 0. The van der Waals surface area contributed by atoms with Crippen LogP contribution in [0.1, 0.15) is 10.4 Å². The number of carbonyl (C=O) groups is 2. The molecule has 8 nitrogen and oxygen atoms in total. The maximum absolute atomic E-state index is 13.8. The van der Waals surface area contributed by atoms with Gasteiger partial charge in [-0.05, 0) is 53.9 Å². The van der Waals surface area contributed by atoms with Crippen molar-refractivity contribution in [2.24, 2.45) is 0 Å². The zero-order valence-corrected chi connectivity index (χ0v) is 22.1. The summed E-state index contributed by atoms with van der Waals surface area (Å²) < 4.78 is 38.2. The van der Waals surface area contributed by atoms with Crippen LogP contribution in [0, 0.1) is 5.82 Å². The number of sulfone groups is 1. The van der Waals surface area contributed by atoms with Crippen molar-refractivity contribution in [2.45, 2.75) is 4.90 Å². The van der Waals surface area contributed by atoms with E-state index in [1.807, 2.05) is 35.2 Å². The van der Waals surface area contributed by atoms with Crippen LogP contribution in [0.4, 0.5) is 15.8 Å². The molecule has 2 amide bonds. The number of halogens is 1. The van der Waals surface area contributed by atoms with E-state index in [-0.39, 0.29) is 23.3 Å². The Morgan fingerprint density at radius 1 is 0.923 bits per heavy atom. The molecule has 0 unspecified atom stereocenters. The van der Waals surface area contributed by atoms with Gasteiger partial charge >= 0.3 is 0 Å². The minimum absolute atomic E-state index is 0.0753. The van der Waals surface area contributed by atoms with Crippen molar-refractivity contribution in [3.63, 3.8) is 0 Å². The van der Waals surface area contributed by atoms with Crippen molar-refractivity contribution in [1.82, 2.24) is 9.88 Å². The number of benzene rings is 3. The molecule has 1 saturated heterocycles. The van der Waals surface area contributed by atoms with Gasteiger partial charge in [0.05, 0.1) is 10.6 Å². The van der Waals surface area contributed by atoms with Gasteiger partial charge in [-0.25, -0.2) is 12.8 Å². The summed E-state index contributed by atoms with van der Waals surface area (Å²) >= 11 is 0. The lowest BCUT2D eigenvalue weighted by molar-refractivity contribution is -0.129. The summed E-state index contributed by atoms with van der Waals surface area (Å²) in [6, 6.07) is 20.0. The van der Waals surface area contributed by atoms with Crippen molar-refractivity contribution < 1.29 is 22.4 Å². The first kappa shape index (κ1) is 26.3. The lowest BCUT2D eigenvalue weighted by atomic mass is 10.1. The largest absolute Gasteiger partial charge is 0.367 e. The van der Waals surface area contributed by atoms with Crippen molar-refractivity contribution in [2.75, 3.05) is 48.8 Å². The van der Waals surface area contributed by atoms with E-state index in [1.54, 1.807) is 41.6 Å². The Morgan fingerprint density at radius 3 is 2.38 bits per heavy atom. The highest BCUT2D eigenvalue weighted by Gasteiger charge is 2.28. The van der Waals surface area contributed by atoms with E-state index in [9.17, 15) is 22.4 Å². The fourth-order valence-corrected chi connectivity index (χ4v) is 5.64. The lowest BCUT2D eigenvalue weighted by Gasteiger charge is -2.37. The SMILES string of the molecule is CS(=O)(=O)c1cc(F)ccc1N1CCN(C(=O)CN(C(=O)c2ccc3ccncc3c2)c2ccccc2)CC1. The quantitative estimate of drug-likeness (QED) is 0.366. The molecule has 1 aliphatic heterocycles. The van der Waals surface area contributed by atoms with Gasteiger partial charge in [0, 0.05) is 61.5 Å². The average molecular weight is 547 g/mol. The highest BCUT2D eigenvalue weighted by molar-refractivity contribution is 7.90. The van der Waals surface area contributed by atoms with Gasteiger partial charge in [0.15, 0.2) is 9.84 Å². The molecule has 5 rings (SSSR count). The Bertz CT molecular complexity index is 1640. The molecule has 0 aliphatic carbocycles. The van der Waals surface area contributed by atoms with Gasteiger partial charge in [-0.2, -0.15) is 0 Å². The minimum atomic E-state index is -3.64. The number of piperazine rings is 1. The van der Waals surface area contributed by atoms with E-state index < -0.39 is 15.7 Å². The van der Waals surface area contributed by atoms with E-state index in [4.69, 9.17) is 0 Å². The molecule has 2 heterocycles. The molecular weight excluding hydrogens is 519 g/mol. The van der Waals surface area contributed by atoms with Crippen LogP contribution in [-0.2, 0) is 14.6 Å². The number of pyridine rings is 1. The first-order valence-electron chi connectivity index (χ1n) is 12.4. The van der Waals surface area contributed by atoms with Crippen LogP contribution in [0.25, 0.3) is 10.8 Å². The highest BCUT2D eigenvalue weighted by Crippen LogP contribution is 2.27. The van der Waals surface area contributed by atoms with E-state index in [2.05, 4.69) is 4.98 Å². The summed E-state index contributed by atoms with van der Waals surface area (Å²) in [5.41, 5.74) is 1.46. The van der Waals surface area contributed by atoms with Gasteiger partial charge in [0.2, 0.25) is 5.91 Å². The number of carbonyl (C=O) groups excluding carboxylic acids is 2. The number of hydrogen-bond acceptors (Lipinski definition) is 6. The molecule has 4 aromatic rings. The second-order valence-corrected chi connectivity index (χ2v) is 11.4. The summed E-state index contributed by atoms with van der Waals surface area (Å²) in [5, 5.41) is 1.79. The van der Waals surface area contributed by atoms with Crippen molar-refractivity contribution in [3.05, 3.63) is 96.6 Å². The maximum Gasteiger partial charge on any atom is 0.258 e. The van der Waals surface area contributed by atoms with Crippen LogP contribution >= 0.6 is 0 Å². The minimum Gasteiger partial charge on any atom is -0.367 e. The standard InChI is InChI=1S/C29H27FN4O4S/c1-39(37,38)27-18-24(30)9-10-26(27)32-13-15-33(16-14-32)28(35)20-34(25-5-3-2-4-6-25)29(36)22-8-7-21-11-12-31-19-23(21)17-22/h2-12,17-19H,13-16,20H2,1H3. The molecule has 1 aromatic heterocycles. The van der Waals surface area contributed by atoms with Gasteiger partial charge in [0.1, 0.15) is 12.4 Å². The molecule has 0 atom stereocenters. The molecule has 200 valence electrons. The van der Waals surface area contributed by atoms with Crippen molar-refractivity contribution in [3.8, 4) is 0 Å². The third-order valence-corrected chi connectivity index (χ3v) is 7.91. The van der Waals surface area contributed by atoms with Crippen molar-refractivity contribution in [1.29, 1.82) is 0 Å². The van der Waals surface area contributed by atoms with E-state index in [0.29, 0.717) is 43.1 Å². The van der Waals surface area contributed by atoms with Crippen LogP contribution in [0.3, 0.4) is 0 Å². The summed E-state index contributed by atoms with van der Waals surface area (Å²) in [6.45, 7) is 1.25. The number of nitrogens with zero attached hydrogens (tertiary/aromatic N) is 4. The first-order chi connectivity index (χ1) is 18.7. The van der Waals surface area contributed by atoms with Gasteiger partial charge in [0.25, 0.3) is 5.91 Å². The zero-order valence-electron chi connectivity index (χ0n) is 21.3. The Morgan fingerprint density at radius 2 is 1.67 bits per heavy atom. The molecule has 1 aliphatic rings. The number of amides is 2. The van der Waals surface area contributed by atoms with E-state index in [1.165, 1.54) is 17.0 Å². The molecule has 0 radical (unpaired) electrons. The van der Waals surface area contributed by atoms with Crippen LogP contribution in [0.2, 0.25) is 0 Å². The average Bonchev–Trinajstić information content (AvgIpc) is 2.95. The predicted octanol–water partition coefficient (Wildman–Crippen LogP) is 3.77. The number of rotatable bonds is 6. The van der Waals surface area contributed by atoms with E-state index in [0.717, 1.165) is 23.1 Å². The Kier molecular flexibility index (Phi) is 7.30. The predicted molar refractivity (Wildman–Crippen MR) is 148 cm³/mol. The first-order valence-corrected chi connectivity index (χ1v) is 14.3. The topological polar surface area (TPSA) is 90.9 Å². The lowest BCUT2D eigenvalue weighted by Crippen LogP contribution is -2.52. The van der Waals surface area contributed by atoms with Crippen molar-refractivity contribution >= 4 is 43.8 Å². The molecule has 1 fully saturated rings. The highest BCUT2D eigenvalue weighted by atomic mass is 32.2. The van der Waals surface area contributed by atoms with Crippen LogP contribution in [-0.4, -0.2) is 69.1 Å². The molecule has 0 N–H and O–H groups in total. The Balaban J connectivity index is 1.33. The van der Waals surface area contributed by atoms with Gasteiger partial charge in [-0.15, -0.1) is 0 Å². The third kappa shape index (κ3) is 5.75. The fourth-order valence-electron chi connectivity index (χ4n) is 4.74. The molecule has 3 aromatic carbocycles. The van der Waals surface area contributed by atoms with Gasteiger partial charge in [-0.3, -0.25) is 19.5 Å². The van der Waals surface area contributed by atoms with Crippen LogP contribution in [0.15, 0.2) is 90.1 Å². The second kappa shape index (κ2) is 10.8. The van der Waals surface area contributed by atoms with Crippen LogP contribution in [0.5, 0.6) is 0 Å². The zero-order chi connectivity index (χ0) is 27.6. The number of para-hydroxylation sites is 1. The molecular formula is C29H27FN4O4S. The monoisotopic (exact) mass is 546 g/mol. The number of aromatic nitrogens is 1. The molecule has 0 saturated carbocycles. The van der Waals surface area contributed by atoms with Gasteiger partial charge in [-0.1, -0.05) is 24.3 Å².